The molecule has 0 atom stereocenters. The highest BCUT2D eigenvalue weighted by Gasteiger charge is 2.19. The van der Waals surface area contributed by atoms with E-state index in [0.29, 0.717) is 11.3 Å². The van der Waals surface area contributed by atoms with E-state index in [0.717, 1.165) is 30.4 Å². The summed E-state index contributed by atoms with van der Waals surface area (Å²) in [6.07, 6.45) is 3.66. The van der Waals surface area contributed by atoms with E-state index in [-0.39, 0.29) is 10.6 Å². The number of hydrogen-bond donors (Lipinski definition) is 1. The molecule has 9 heteroatoms. The maximum absolute atomic E-state index is 12.5. The van der Waals surface area contributed by atoms with E-state index >= 15 is 0 Å². The fourth-order valence-corrected chi connectivity index (χ4v) is 4.14. The molecule has 0 amide bonds. The van der Waals surface area contributed by atoms with Crippen LogP contribution in [0.2, 0.25) is 0 Å². The molecule has 0 bridgehead atoms. The van der Waals surface area contributed by atoms with Crippen molar-refractivity contribution in [3.8, 4) is 0 Å². The van der Waals surface area contributed by atoms with E-state index in [1.165, 1.54) is 31.4 Å². The molecule has 1 aliphatic rings. The van der Waals surface area contributed by atoms with Gasteiger partial charge in [0.15, 0.2) is 0 Å². The molecule has 0 saturated carbocycles. The predicted octanol–water partition coefficient (Wildman–Crippen LogP) is 3.60. The lowest BCUT2D eigenvalue weighted by Crippen LogP contribution is -2.29. The molecule has 8 nitrogen and oxygen atoms in total. The predicted molar refractivity (Wildman–Crippen MR) is 113 cm³/mol. The Bertz CT molecular complexity index is 1030. The first-order valence-electron chi connectivity index (χ1n) is 9.44. The third-order valence-electron chi connectivity index (χ3n) is 5.03. The lowest BCUT2D eigenvalue weighted by Gasteiger charge is -2.28. The van der Waals surface area contributed by atoms with E-state index in [2.05, 4.69) is 14.8 Å². The van der Waals surface area contributed by atoms with Crippen molar-refractivity contribution in [2.45, 2.75) is 38.0 Å². The lowest BCUT2D eigenvalue weighted by atomic mass is 10.1. The highest BCUT2D eigenvalue weighted by Crippen LogP contribution is 2.23. The summed E-state index contributed by atoms with van der Waals surface area (Å²) in [6, 6.07) is 11.6. The van der Waals surface area contributed by atoms with Crippen LogP contribution in [0.5, 0.6) is 0 Å². The number of hydrazone groups is 1. The van der Waals surface area contributed by atoms with Crippen molar-refractivity contribution in [1.29, 1.82) is 0 Å². The normalized spacial score (nSPS) is 15.2. The third kappa shape index (κ3) is 4.92. The number of nitrogens with zero attached hydrogens (tertiary/aromatic N) is 3. The quantitative estimate of drug-likeness (QED) is 0.440. The SMILES string of the molecule is C/C(=N/NS(=O)(=O)c1ccc(C)c([N+](=O)[O-])c1)c1ccc(N2CCCCC2)cc1. The second-order valence-corrected chi connectivity index (χ2v) is 8.75. The Hall–Kier alpha value is -2.94. The van der Waals surface area contributed by atoms with Crippen molar-refractivity contribution in [3.63, 3.8) is 0 Å². The van der Waals surface area contributed by atoms with Gasteiger partial charge in [-0.3, -0.25) is 10.1 Å². The van der Waals surface area contributed by atoms with E-state index in [9.17, 15) is 18.5 Å². The molecule has 2 aromatic carbocycles. The summed E-state index contributed by atoms with van der Waals surface area (Å²) in [5, 5.41) is 15.0. The fraction of sp³-hybridized carbons (Fsp3) is 0.350. The van der Waals surface area contributed by atoms with Gasteiger partial charge in [0, 0.05) is 30.4 Å². The smallest absolute Gasteiger partial charge is 0.276 e. The zero-order valence-electron chi connectivity index (χ0n) is 16.5. The number of rotatable bonds is 6. The molecule has 0 radical (unpaired) electrons. The number of nitro groups is 1. The molecular formula is C20H24N4O4S. The molecule has 0 aromatic heterocycles. The number of nitro benzene ring substituents is 1. The van der Waals surface area contributed by atoms with Crippen LogP contribution in [0.3, 0.4) is 0 Å². The Kier molecular flexibility index (Phi) is 6.17. The maximum Gasteiger partial charge on any atom is 0.276 e. The zero-order valence-corrected chi connectivity index (χ0v) is 17.3. The maximum atomic E-state index is 12.5. The second-order valence-electron chi connectivity index (χ2n) is 7.09. The van der Waals surface area contributed by atoms with Gasteiger partial charge in [0.05, 0.1) is 15.5 Å². The van der Waals surface area contributed by atoms with Gasteiger partial charge in [0.25, 0.3) is 15.7 Å². The standard InChI is InChI=1S/C20H24N4O4S/c1-15-6-11-19(14-20(15)24(25)26)29(27,28)22-21-16(2)17-7-9-18(10-8-17)23-12-4-3-5-13-23/h6-11,14,22H,3-5,12-13H2,1-2H3/b21-16-. The van der Waals surface area contributed by atoms with Gasteiger partial charge in [-0.05, 0) is 56.9 Å². The van der Waals surface area contributed by atoms with E-state index < -0.39 is 14.9 Å². The summed E-state index contributed by atoms with van der Waals surface area (Å²) >= 11 is 0. The van der Waals surface area contributed by atoms with Crippen molar-refractivity contribution < 1.29 is 13.3 Å². The Morgan fingerprint density at radius 1 is 1.10 bits per heavy atom. The molecule has 1 saturated heterocycles. The number of benzene rings is 2. The number of anilines is 1. The summed E-state index contributed by atoms with van der Waals surface area (Å²) in [7, 11) is -4.01. The van der Waals surface area contributed by atoms with Gasteiger partial charge < -0.3 is 4.90 Å². The molecule has 0 spiro atoms. The van der Waals surface area contributed by atoms with Crippen LogP contribution >= 0.6 is 0 Å². The minimum Gasteiger partial charge on any atom is -0.372 e. The number of nitrogens with one attached hydrogen (secondary N) is 1. The van der Waals surface area contributed by atoms with Crippen LogP contribution in [0.4, 0.5) is 11.4 Å². The summed E-state index contributed by atoms with van der Waals surface area (Å²) in [6.45, 7) is 5.36. The topological polar surface area (TPSA) is 105 Å². The van der Waals surface area contributed by atoms with Crippen LogP contribution in [0.1, 0.15) is 37.3 Å². The Morgan fingerprint density at radius 3 is 2.38 bits per heavy atom. The summed E-state index contributed by atoms with van der Waals surface area (Å²) in [5.74, 6) is 0. The van der Waals surface area contributed by atoms with Crippen LogP contribution in [0.25, 0.3) is 0 Å². The first kappa shape index (κ1) is 20.8. The van der Waals surface area contributed by atoms with Crippen molar-refractivity contribution in [3.05, 3.63) is 63.7 Å². The Morgan fingerprint density at radius 2 is 1.76 bits per heavy atom. The van der Waals surface area contributed by atoms with Crippen molar-refractivity contribution >= 4 is 27.1 Å². The Labute approximate surface area is 170 Å². The summed E-state index contributed by atoms with van der Waals surface area (Å²) < 4.78 is 24.9. The number of aryl methyl sites for hydroxylation is 1. The minimum absolute atomic E-state index is 0.202. The summed E-state index contributed by atoms with van der Waals surface area (Å²) in [4.78, 5) is 14.8. The van der Waals surface area contributed by atoms with Crippen LogP contribution in [-0.2, 0) is 10.0 Å². The average molecular weight is 417 g/mol. The summed E-state index contributed by atoms with van der Waals surface area (Å²) in [5.41, 5.74) is 2.59. The fourth-order valence-electron chi connectivity index (χ4n) is 3.26. The van der Waals surface area contributed by atoms with Gasteiger partial charge in [-0.15, -0.1) is 0 Å². The molecule has 1 aliphatic heterocycles. The third-order valence-corrected chi connectivity index (χ3v) is 6.23. The molecule has 0 unspecified atom stereocenters. The van der Waals surface area contributed by atoms with Crippen molar-refractivity contribution in [1.82, 2.24) is 4.83 Å². The number of piperidine rings is 1. The van der Waals surface area contributed by atoms with Crippen LogP contribution in [0, 0.1) is 17.0 Å². The largest absolute Gasteiger partial charge is 0.372 e. The Balaban J connectivity index is 1.74. The minimum atomic E-state index is -4.01. The van der Waals surface area contributed by atoms with Gasteiger partial charge in [0.2, 0.25) is 0 Å². The monoisotopic (exact) mass is 416 g/mol. The highest BCUT2D eigenvalue weighted by atomic mass is 32.2. The van der Waals surface area contributed by atoms with Crippen LogP contribution in [-0.4, -0.2) is 32.1 Å². The lowest BCUT2D eigenvalue weighted by molar-refractivity contribution is -0.385. The average Bonchev–Trinajstić information content (AvgIpc) is 2.73. The molecule has 0 aliphatic carbocycles. The molecule has 154 valence electrons. The molecule has 2 aromatic rings. The van der Waals surface area contributed by atoms with Gasteiger partial charge in [0.1, 0.15) is 0 Å². The van der Waals surface area contributed by atoms with E-state index in [1.54, 1.807) is 13.8 Å². The zero-order chi connectivity index (χ0) is 21.0. The van der Waals surface area contributed by atoms with Gasteiger partial charge in [-0.2, -0.15) is 18.4 Å². The van der Waals surface area contributed by atoms with Gasteiger partial charge in [-0.25, -0.2) is 0 Å². The van der Waals surface area contributed by atoms with Gasteiger partial charge in [-0.1, -0.05) is 18.2 Å². The number of hydrogen-bond acceptors (Lipinski definition) is 6. The van der Waals surface area contributed by atoms with Crippen molar-refractivity contribution in [2.75, 3.05) is 18.0 Å². The molecule has 1 N–H and O–H groups in total. The molecule has 1 fully saturated rings. The number of sulfonamides is 1. The first-order valence-corrected chi connectivity index (χ1v) is 10.9. The van der Waals surface area contributed by atoms with Gasteiger partial charge >= 0.3 is 0 Å². The van der Waals surface area contributed by atoms with Crippen LogP contribution in [0.15, 0.2) is 52.5 Å². The second kappa shape index (κ2) is 8.60. The molecule has 1 heterocycles. The highest BCUT2D eigenvalue weighted by molar-refractivity contribution is 7.89. The van der Waals surface area contributed by atoms with E-state index in [4.69, 9.17) is 0 Å². The van der Waals surface area contributed by atoms with E-state index in [1.807, 2.05) is 24.3 Å². The molecular weight excluding hydrogens is 392 g/mol. The molecule has 3 rings (SSSR count). The van der Waals surface area contributed by atoms with Crippen LogP contribution < -0.4 is 9.73 Å². The van der Waals surface area contributed by atoms with Crippen molar-refractivity contribution in [2.24, 2.45) is 5.10 Å². The molecule has 29 heavy (non-hydrogen) atoms. The first-order chi connectivity index (χ1) is 13.8.